The molecular formula is C27H41N3O7. The molecule has 3 N–H and O–H groups in total. The Hall–Kier alpha value is -3.14. The molecule has 10 nitrogen and oxygen atoms in total. The number of ether oxygens (including phenoxy) is 2. The van der Waals surface area contributed by atoms with Crippen LogP contribution in [0.2, 0.25) is 0 Å². The number of aryl methyl sites for hydroxylation is 2. The Morgan fingerprint density at radius 3 is 2.22 bits per heavy atom. The van der Waals surface area contributed by atoms with E-state index < -0.39 is 48.2 Å². The molecule has 1 aromatic carbocycles. The highest BCUT2D eigenvalue weighted by molar-refractivity contribution is 5.92. The van der Waals surface area contributed by atoms with Gasteiger partial charge in [0.2, 0.25) is 11.8 Å². The second-order valence-corrected chi connectivity index (χ2v) is 10.4. The van der Waals surface area contributed by atoms with E-state index in [0.717, 1.165) is 17.5 Å². The van der Waals surface area contributed by atoms with E-state index in [1.54, 1.807) is 27.7 Å². The summed E-state index contributed by atoms with van der Waals surface area (Å²) in [5, 5.41) is 15.2. The van der Waals surface area contributed by atoms with Gasteiger partial charge in [-0.3, -0.25) is 14.4 Å². The molecular weight excluding hydrogens is 478 g/mol. The summed E-state index contributed by atoms with van der Waals surface area (Å²) in [4.78, 5) is 53.0. The maximum atomic E-state index is 13.8. The van der Waals surface area contributed by atoms with Crippen LogP contribution >= 0.6 is 0 Å². The number of alkyl carbamates (subject to hydrolysis) is 1. The molecule has 2 unspecified atom stereocenters. The standard InChI is InChI=1S/C27H41N3O7/c1-7-36-22(32)11-12-28-24(33)23(19-14-17(2)13-18(3)15-19)30(20-9-8-10-20)25(34)21(16-31)29-26(35)37-27(4,5)6/h13-15,20-21,23,31H,7-12,16H2,1-6H3,(H,28,33)(H,29,35). The normalized spacial score (nSPS) is 15.1. The van der Waals surface area contributed by atoms with Crippen molar-refractivity contribution in [3.8, 4) is 0 Å². The number of benzene rings is 1. The largest absolute Gasteiger partial charge is 0.466 e. The summed E-state index contributed by atoms with van der Waals surface area (Å²) in [5.74, 6) is -1.47. The van der Waals surface area contributed by atoms with Crippen molar-refractivity contribution < 1.29 is 33.8 Å². The third kappa shape index (κ3) is 9.03. The first-order valence-corrected chi connectivity index (χ1v) is 12.8. The minimum absolute atomic E-state index is 0.00398. The van der Waals surface area contributed by atoms with Crippen molar-refractivity contribution in [3.05, 3.63) is 34.9 Å². The van der Waals surface area contributed by atoms with Crippen molar-refractivity contribution in [1.29, 1.82) is 0 Å². The number of nitrogens with one attached hydrogen (secondary N) is 2. The van der Waals surface area contributed by atoms with Crippen molar-refractivity contribution in [2.45, 2.75) is 91.0 Å². The molecule has 0 aliphatic heterocycles. The van der Waals surface area contributed by atoms with Gasteiger partial charge in [-0.1, -0.05) is 29.3 Å². The monoisotopic (exact) mass is 519 g/mol. The number of hydrogen-bond donors (Lipinski definition) is 3. The lowest BCUT2D eigenvalue weighted by Crippen LogP contribution is -2.58. The molecule has 2 rings (SSSR count). The average Bonchev–Trinajstić information content (AvgIpc) is 2.73. The predicted molar refractivity (Wildman–Crippen MR) is 138 cm³/mol. The summed E-state index contributed by atoms with van der Waals surface area (Å²) in [7, 11) is 0. The average molecular weight is 520 g/mol. The Morgan fingerprint density at radius 2 is 1.73 bits per heavy atom. The highest BCUT2D eigenvalue weighted by atomic mass is 16.6. The second kappa shape index (κ2) is 13.4. The zero-order valence-corrected chi connectivity index (χ0v) is 22.8. The van der Waals surface area contributed by atoms with Gasteiger partial charge in [0, 0.05) is 12.6 Å². The lowest BCUT2D eigenvalue weighted by atomic mass is 9.87. The van der Waals surface area contributed by atoms with Crippen LogP contribution in [0.5, 0.6) is 0 Å². The van der Waals surface area contributed by atoms with E-state index in [2.05, 4.69) is 10.6 Å². The molecule has 0 heterocycles. The highest BCUT2D eigenvalue weighted by Crippen LogP contribution is 2.34. The van der Waals surface area contributed by atoms with Crippen LogP contribution in [0.1, 0.15) is 76.1 Å². The molecule has 206 valence electrons. The summed E-state index contributed by atoms with van der Waals surface area (Å²) < 4.78 is 10.2. The third-order valence-electron chi connectivity index (χ3n) is 5.91. The van der Waals surface area contributed by atoms with E-state index in [1.807, 2.05) is 32.0 Å². The van der Waals surface area contributed by atoms with Crippen molar-refractivity contribution in [3.63, 3.8) is 0 Å². The summed E-state index contributed by atoms with van der Waals surface area (Å²) in [6.45, 7) is 10.2. The fraction of sp³-hybridized carbons (Fsp3) is 0.630. The number of aliphatic hydroxyl groups is 1. The molecule has 1 aromatic rings. The Bertz CT molecular complexity index is 949. The molecule has 0 aromatic heterocycles. The maximum Gasteiger partial charge on any atom is 0.408 e. The first kappa shape index (κ1) is 30.1. The Morgan fingerprint density at radius 1 is 1.11 bits per heavy atom. The Kier molecular flexibility index (Phi) is 10.9. The van der Waals surface area contributed by atoms with E-state index in [4.69, 9.17) is 9.47 Å². The van der Waals surface area contributed by atoms with Crippen molar-refractivity contribution in [1.82, 2.24) is 15.5 Å². The van der Waals surface area contributed by atoms with E-state index >= 15 is 0 Å². The van der Waals surface area contributed by atoms with E-state index in [9.17, 15) is 24.3 Å². The van der Waals surface area contributed by atoms with Crippen LogP contribution in [0, 0.1) is 13.8 Å². The minimum atomic E-state index is -1.30. The molecule has 1 aliphatic rings. The lowest BCUT2D eigenvalue weighted by Gasteiger charge is -2.43. The van der Waals surface area contributed by atoms with Gasteiger partial charge in [-0.15, -0.1) is 0 Å². The molecule has 0 spiro atoms. The predicted octanol–water partition coefficient (Wildman–Crippen LogP) is 2.68. The Balaban J connectivity index is 2.40. The minimum Gasteiger partial charge on any atom is -0.466 e. The zero-order chi connectivity index (χ0) is 27.8. The number of nitrogens with zero attached hydrogens (tertiary/aromatic N) is 1. The molecule has 2 atom stereocenters. The van der Waals surface area contributed by atoms with Gasteiger partial charge in [0.05, 0.1) is 19.6 Å². The van der Waals surface area contributed by atoms with Crippen LogP contribution in [0.25, 0.3) is 0 Å². The van der Waals surface area contributed by atoms with Gasteiger partial charge in [0.1, 0.15) is 17.7 Å². The number of carbonyl (C=O) groups excluding carboxylic acids is 4. The summed E-state index contributed by atoms with van der Waals surface area (Å²) >= 11 is 0. The van der Waals surface area contributed by atoms with Gasteiger partial charge in [-0.05, 0) is 66.4 Å². The van der Waals surface area contributed by atoms with Gasteiger partial charge in [0.15, 0.2) is 0 Å². The molecule has 1 saturated carbocycles. The van der Waals surface area contributed by atoms with Gasteiger partial charge >= 0.3 is 12.1 Å². The molecule has 3 amide bonds. The molecule has 37 heavy (non-hydrogen) atoms. The quantitative estimate of drug-likeness (QED) is 0.383. The first-order chi connectivity index (χ1) is 17.4. The number of aliphatic hydroxyl groups excluding tert-OH is 1. The topological polar surface area (TPSA) is 134 Å². The fourth-order valence-corrected chi connectivity index (χ4v) is 4.22. The summed E-state index contributed by atoms with van der Waals surface area (Å²) in [5.41, 5.74) is 1.67. The van der Waals surface area contributed by atoms with Gasteiger partial charge in [-0.2, -0.15) is 0 Å². The van der Waals surface area contributed by atoms with E-state index in [-0.39, 0.29) is 25.6 Å². The SMILES string of the molecule is CCOC(=O)CCNC(=O)C(c1cc(C)cc(C)c1)N(C(=O)C(CO)NC(=O)OC(C)(C)C)C1CCC1. The smallest absolute Gasteiger partial charge is 0.408 e. The first-order valence-electron chi connectivity index (χ1n) is 12.8. The number of rotatable bonds is 11. The highest BCUT2D eigenvalue weighted by Gasteiger charge is 2.42. The molecule has 0 saturated heterocycles. The molecule has 1 aliphatic carbocycles. The van der Waals surface area contributed by atoms with Gasteiger partial charge in [-0.25, -0.2) is 4.79 Å². The molecule has 0 radical (unpaired) electrons. The molecule has 0 bridgehead atoms. The van der Waals surface area contributed by atoms with E-state index in [1.165, 1.54) is 4.90 Å². The van der Waals surface area contributed by atoms with Crippen LogP contribution in [0.15, 0.2) is 18.2 Å². The van der Waals surface area contributed by atoms with Crippen molar-refractivity contribution >= 4 is 23.9 Å². The van der Waals surface area contributed by atoms with Crippen LogP contribution in [-0.2, 0) is 23.9 Å². The van der Waals surface area contributed by atoms with Crippen molar-refractivity contribution in [2.24, 2.45) is 0 Å². The van der Waals surface area contributed by atoms with Crippen molar-refractivity contribution in [2.75, 3.05) is 19.8 Å². The van der Waals surface area contributed by atoms with Crippen LogP contribution in [0.3, 0.4) is 0 Å². The fourth-order valence-electron chi connectivity index (χ4n) is 4.22. The summed E-state index contributed by atoms with van der Waals surface area (Å²) in [6.07, 6.45) is 1.43. The lowest BCUT2D eigenvalue weighted by molar-refractivity contribution is -0.148. The zero-order valence-electron chi connectivity index (χ0n) is 22.8. The number of esters is 1. The van der Waals surface area contributed by atoms with Crippen LogP contribution in [-0.4, -0.2) is 71.3 Å². The Labute approximate surface area is 219 Å². The number of carbonyl (C=O) groups is 4. The maximum absolute atomic E-state index is 13.8. The van der Waals surface area contributed by atoms with Gasteiger partial charge in [0.25, 0.3) is 0 Å². The van der Waals surface area contributed by atoms with Crippen LogP contribution in [0.4, 0.5) is 4.79 Å². The third-order valence-corrected chi connectivity index (χ3v) is 5.91. The second-order valence-electron chi connectivity index (χ2n) is 10.4. The molecule has 1 fully saturated rings. The number of amides is 3. The summed E-state index contributed by atoms with van der Waals surface area (Å²) in [6, 6.07) is 3.09. The van der Waals surface area contributed by atoms with Crippen LogP contribution < -0.4 is 10.6 Å². The van der Waals surface area contributed by atoms with E-state index in [0.29, 0.717) is 18.4 Å². The number of hydrogen-bond acceptors (Lipinski definition) is 7. The van der Waals surface area contributed by atoms with Gasteiger partial charge < -0.3 is 30.1 Å². The molecule has 10 heteroatoms.